The van der Waals surface area contributed by atoms with E-state index in [9.17, 15) is 4.79 Å². The van der Waals surface area contributed by atoms with Crippen molar-refractivity contribution in [1.29, 1.82) is 0 Å². The molecule has 2 aromatic rings. The summed E-state index contributed by atoms with van der Waals surface area (Å²) in [5.74, 6) is 0.816. The van der Waals surface area contributed by atoms with Crippen LogP contribution in [0.25, 0.3) is 0 Å². The summed E-state index contributed by atoms with van der Waals surface area (Å²) in [5, 5.41) is 3.42. The van der Waals surface area contributed by atoms with Crippen LogP contribution in [0.2, 0.25) is 5.02 Å². The maximum Gasteiger partial charge on any atom is 0.255 e. The number of hydrogen-bond acceptors (Lipinski definition) is 5. The Labute approximate surface area is 158 Å². The molecule has 0 saturated carbocycles. The van der Waals surface area contributed by atoms with Gasteiger partial charge in [0.25, 0.3) is 5.91 Å². The summed E-state index contributed by atoms with van der Waals surface area (Å²) in [6, 6.07) is 10.6. The Balaban J connectivity index is 2.21. The van der Waals surface area contributed by atoms with Crippen LogP contribution < -0.4 is 19.5 Å². The van der Waals surface area contributed by atoms with Crippen LogP contribution in [0.3, 0.4) is 0 Å². The zero-order valence-corrected chi connectivity index (χ0v) is 15.9. The van der Waals surface area contributed by atoms with Crippen molar-refractivity contribution >= 4 is 17.5 Å². The van der Waals surface area contributed by atoms with Crippen LogP contribution in [0, 0.1) is 0 Å². The van der Waals surface area contributed by atoms with Crippen LogP contribution >= 0.6 is 11.6 Å². The molecule has 0 fully saturated rings. The molecule has 0 spiro atoms. The summed E-state index contributed by atoms with van der Waals surface area (Å²) in [6.45, 7) is 0.247. The van der Waals surface area contributed by atoms with E-state index < -0.39 is 0 Å². The predicted molar refractivity (Wildman–Crippen MR) is 99.6 cm³/mol. The molecular weight excluding hydrogens is 358 g/mol. The van der Waals surface area contributed by atoms with Gasteiger partial charge in [-0.3, -0.25) is 4.79 Å². The van der Waals surface area contributed by atoms with E-state index in [1.165, 1.54) is 21.3 Å². The lowest BCUT2D eigenvalue weighted by atomic mass is 10.1. The molecule has 1 unspecified atom stereocenters. The number of benzene rings is 2. The van der Waals surface area contributed by atoms with E-state index >= 15 is 0 Å². The van der Waals surface area contributed by atoms with Crippen molar-refractivity contribution < 1.29 is 23.7 Å². The molecule has 0 radical (unpaired) electrons. The van der Waals surface area contributed by atoms with Gasteiger partial charge in [0.1, 0.15) is 6.10 Å². The molecule has 26 heavy (non-hydrogen) atoms. The van der Waals surface area contributed by atoms with E-state index in [0.717, 1.165) is 5.56 Å². The largest absolute Gasteiger partial charge is 0.493 e. The van der Waals surface area contributed by atoms with Gasteiger partial charge in [0.2, 0.25) is 5.75 Å². The smallest absolute Gasteiger partial charge is 0.255 e. The molecular formula is C19H22ClNO5. The average molecular weight is 380 g/mol. The maximum absolute atomic E-state index is 12.7. The highest BCUT2D eigenvalue weighted by molar-refractivity contribution is 6.31. The Morgan fingerprint density at radius 1 is 1.00 bits per heavy atom. The van der Waals surface area contributed by atoms with Gasteiger partial charge in [-0.05, 0) is 18.2 Å². The van der Waals surface area contributed by atoms with Gasteiger partial charge in [-0.1, -0.05) is 29.8 Å². The SMILES string of the molecule is COc1ccc(C(=O)NCC(OC)c2ccccc2Cl)c(OC)c1OC. The predicted octanol–water partition coefficient (Wildman–Crippen LogP) is 3.48. The first kappa shape index (κ1) is 19.9. The van der Waals surface area contributed by atoms with Crippen molar-refractivity contribution in [3.05, 3.63) is 52.5 Å². The number of ether oxygens (including phenoxy) is 4. The Morgan fingerprint density at radius 3 is 2.27 bits per heavy atom. The van der Waals surface area contributed by atoms with Gasteiger partial charge in [-0.2, -0.15) is 0 Å². The van der Waals surface area contributed by atoms with E-state index in [-0.39, 0.29) is 18.6 Å². The average Bonchev–Trinajstić information content (AvgIpc) is 2.67. The molecule has 0 heterocycles. The summed E-state index contributed by atoms with van der Waals surface area (Å²) >= 11 is 6.21. The first-order valence-corrected chi connectivity index (χ1v) is 8.29. The van der Waals surface area contributed by atoms with Gasteiger partial charge in [-0.15, -0.1) is 0 Å². The minimum atomic E-state index is -0.376. The lowest BCUT2D eigenvalue weighted by molar-refractivity contribution is 0.0825. The number of halogens is 1. The molecule has 0 saturated heterocycles. The molecule has 0 aromatic heterocycles. The van der Waals surface area contributed by atoms with Crippen LogP contribution in [0.4, 0.5) is 0 Å². The second-order valence-corrected chi connectivity index (χ2v) is 5.74. The number of nitrogens with one attached hydrogen (secondary N) is 1. The Hall–Kier alpha value is -2.44. The number of methoxy groups -OCH3 is 4. The zero-order valence-electron chi connectivity index (χ0n) is 15.2. The second kappa shape index (κ2) is 9.31. The van der Waals surface area contributed by atoms with Crippen molar-refractivity contribution in [2.75, 3.05) is 35.0 Å². The van der Waals surface area contributed by atoms with E-state index in [0.29, 0.717) is 27.8 Å². The topological polar surface area (TPSA) is 66.0 Å². The van der Waals surface area contributed by atoms with Gasteiger partial charge in [0.15, 0.2) is 11.5 Å². The van der Waals surface area contributed by atoms with Crippen LogP contribution in [-0.2, 0) is 4.74 Å². The molecule has 0 aliphatic rings. The Kier molecular flexibility index (Phi) is 7.12. The third kappa shape index (κ3) is 4.20. The van der Waals surface area contributed by atoms with Crippen LogP contribution in [0.1, 0.15) is 22.0 Å². The van der Waals surface area contributed by atoms with Gasteiger partial charge in [0.05, 0.1) is 26.9 Å². The van der Waals surface area contributed by atoms with Crippen molar-refractivity contribution in [2.45, 2.75) is 6.10 Å². The zero-order chi connectivity index (χ0) is 19.1. The fourth-order valence-electron chi connectivity index (χ4n) is 2.62. The van der Waals surface area contributed by atoms with Crippen LogP contribution in [-0.4, -0.2) is 40.9 Å². The molecule has 2 rings (SSSR count). The fourth-order valence-corrected chi connectivity index (χ4v) is 2.87. The minimum absolute atomic E-state index is 0.247. The third-order valence-corrected chi connectivity index (χ3v) is 4.28. The molecule has 140 valence electrons. The molecule has 6 nitrogen and oxygen atoms in total. The lowest BCUT2D eigenvalue weighted by Crippen LogP contribution is -2.29. The van der Waals surface area contributed by atoms with E-state index in [1.54, 1.807) is 25.3 Å². The number of rotatable bonds is 8. The summed E-state index contributed by atoms with van der Waals surface area (Å²) < 4.78 is 21.4. The molecule has 1 N–H and O–H groups in total. The van der Waals surface area contributed by atoms with Crippen molar-refractivity contribution in [3.63, 3.8) is 0 Å². The van der Waals surface area contributed by atoms with E-state index in [2.05, 4.69) is 5.32 Å². The van der Waals surface area contributed by atoms with Gasteiger partial charge >= 0.3 is 0 Å². The fraction of sp³-hybridized carbons (Fsp3) is 0.316. The molecule has 0 bridgehead atoms. The summed E-state index contributed by atoms with van der Waals surface area (Å²) in [7, 11) is 6.04. The molecule has 2 aromatic carbocycles. The monoisotopic (exact) mass is 379 g/mol. The molecule has 0 aliphatic heterocycles. The Bertz CT molecular complexity index is 766. The van der Waals surface area contributed by atoms with E-state index in [1.807, 2.05) is 18.2 Å². The van der Waals surface area contributed by atoms with Crippen molar-refractivity contribution in [3.8, 4) is 17.2 Å². The van der Waals surface area contributed by atoms with Crippen molar-refractivity contribution in [2.24, 2.45) is 0 Å². The Morgan fingerprint density at radius 2 is 1.69 bits per heavy atom. The highest BCUT2D eigenvalue weighted by atomic mass is 35.5. The summed E-state index contributed by atoms with van der Waals surface area (Å²) in [6.07, 6.45) is -0.376. The first-order chi connectivity index (χ1) is 12.6. The molecule has 0 aliphatic carbocycles. The normalized spacial score (nSPS) is 11.6. The maximum atomic E-state index is 12.7. The highest BCUT2D eigenvalue weighted by Gasteiger charge is 2.22. The highest BCUT2D eigenvalue weighted by Crippen LogP contribution is 2.39. The number of carbonyl (C=O) groups excluding carboxylic acids is 1. The first-order valence-electron chi connectivity index (χ1n) is 7.91. The standard InChI is InChI=1S/C19H22ClNO5/c1-23-15-10-9-13(17(25-3)18(15)26-4)19(22)21-11-16(24-2)12-7-5-6-8-14(12)20/h5-10,16H,11H2,1-4H3,(H,21,22). The number of amides is 1. The molecule has 1 atom stereocenters. The van der Waals surface area contributed by atoms with Gasteiger partial charge in [0, 0.05) is 24.2 Å². The number of hydrogen-bond donors (Lipinski definition) is 1. The second-order valence-electron chi connectivity index (χ2n) is 5.34. The van der Waals surface area contributed by atoms with Gasteiger partial charge in [-0.25, -0.2) is 0 Å². The third-order valence-electron chi connectivity index (χ3n) is 3.93. The number of carbonyl (C=O) groups is 1. The van der Waals surface area contributed by atoms with E-state index in [4.69, 9.17) is 30.5 Å². The summed E-state index contributed by atoms with van der Waals surface area (Å²) in [4.78, 5) is 12.7. The van der Waals surface area contributed by atoms with Crippen LogP contribution in [0.15, 0.2) is 36.4 Å². The minimum Gasteiger partial charge on any atom is -0.493 e. The quantitative estimate of drug-likeness (QED) is 0.760. The molecule has 7 heteroatoms. The van der Waals surface area contributed by atoms with Crippen LogP contribution in [0.5, 0.6) is 17.2 Å². The van der Waals surface area contributed by atoms with Crippen molar-refractivity contribution in [1.82, 2.24) is 5.32 Å². The lowest BCUT2D eigenvalue weighted by Gasteiger charge is -2.19. The van der Waals surface area contributed by atoms with Gasteiger partial charge < -0.3 is 24.3 Å². The summed E-state index contributed by atoms with van der Waals surface area (Å²) in [5.41, 5.74) is 1.13. The molecule has 1 amide bonds.